The zero-order chi connectivity index (χ0) is 29.3. The molecule has 0 spiro atoms. The number of nitrogens with zero attached hydrogens (tertiary/aromatic N) is 5. The number of fused-ring (bicyclic) bond motifs is 1. The fourth-order valence-corrected chi connectivity index (χ4v) is 6.59. The fourth-order valence-electron chi connectivity index (χ4n) is 6.59. The van der Waals surface area contributed by atoms with E-state index in [2.05, 4.69) is 39.5 Å². The van der Waals surface area contributed by atoms with Crippen molar-refractivity contribution in [2.24, 2.45) is 5.41 Å². The third-order valence-electron chi connectivity index (χ3n) is 9.07. The summed E-state index contributed by atoms with van der Waals surface area (Å²) in [6.45, 7) is 4.61. The Morgan fingerprint density at radius 3 is 2.46 bits per heavy atom. The van der Waals surface area contributed by atoms with Crippen molar-refractivity contribution in [2.45, 2.75) is 83.3 Å². The summed E-state index contributed by atoms with van der Waals surface area (Å²) < 4.78 is 5.67. The number of rotatable bonds is 7. The summed E-state index contributed by atoms with van der Waals surface area (Å²) in [6.07, 6.45) is 10.4. The Labute approximate surface area is 243 Å². The van der Waals surface area contributed by atoms with Gasteiger partial charge in [0.05, 0.1) is 24.4 Å². The number of carbonyl (C=O) groups is 2. The highest BCUT2D eigenvalue weighted by Crippen LogP contribution is 2.40. The SMILES string of the molecule is COc1cc(C(=O)NC2CCC(N(C)C)CC2)ccc1Nc1ncc2c(n1)N(C1CCCC1)CC(C)(C)C(=O)N2C. The monoisotopic (exact) mass is 563 g/mol. The summed E-state index contributed by atoms with van der Waals surface area (Å²) in [5.74, 6) is 1.70. The van der Waals surface area contributed by atoms with Gasteiger partial charge in [-0.2, -0.15) is 4.98 Å². The van der Waals surface area contributed by atoms with E-state index in [1.54, 1.807) is 37.4 Å². The van der Waals surface area contributed by atoms with E-state index in [1.807, 2.05) is 19.9 Å². The number of benzene rings is 1. The molecule has 2 N–H and O–H groups in total. The van der Waals surface area contributed by atoms with E-state index >= 15 is 0 Å². The van der Waals surface area contributed by atoms with Crippen molar-refractivity contribution >= 4 is 35.0 Å². The van der Waals surface area contributed by atoms with E-state index in [4.69, 9.17) is 9.72 Å². The van der Waals surface area contributed by atoms with Crippen LogP contribution in [0, 0.1) is 5.41 Å². The topological polar surface area (TPSA) is 103 Å². The van der Waals surface area contributed by atoms with Gasteiger partial charge in [-0.1, -0.05) is 12.8 Å². The summed E-state index contributed by atoms with van der Waals surface area (Å²) >= 11 is 0. The molecule has 2 fully saturated rings. The Morgan fingerprint density at radius 1 is 1.10 bits per heavy atom. The molecule has 41 heavy (non-hydrogen) atoms. The van der Waals surface area contributed by atoms with Crippen LogP contribution in [0.5, 0.6) is 5.75 Å². The molecule has 10 heteroatoms. The lowest BCUT2D eigenvalue weighted by Gasteiger charge is -2.34. The standard InChI is InChI=1S/C31H45N7O3/c1-31(2)19-38(23-9-7-8-10-23)27-25(37(5)29(31)40)18-32-30(35-27)34-24-16-11-20(17-26(24)41-6)28(39)33-21-12-14-22(15-13-21)36(3)4/h11,16-18,21-23H,7-10,12-15,19H2,1-6H3,(H,33,39)(H,32,34,35). The molecule has 0 unspecified atom stereocenters. The second-order valence-corrected chi connectivity index (χ2v) is 12.7. The Kier molecular flexibility index (Phi) is 8.40. The molecule has 2 saturated carbocycles. The Bertz CT molecular complexity index is 1270. The average molecular weight is 564 g/mol. The van der Waals surface area contributed by atoms with E-state index in [-0.39, 0.29) is 17.9 Å². The van der Waals surface area contributed by atoms with E-state index in [9.17, 15) is 9.59 Å². The second-order valence-electron chi connectivity index (χ2n) is 12.7. The van der Waals surface area contributed by atoms with Crippen LogP contribution in [0.4, 0.5) is 23.1 Å². The Hall–Kier alpha value is -3.40. The van der Waals surface area contributed by atoms with Gasteiger partial charge in [-0.05, 0) is 84.7 Å². The minimum absolute atomic E-state index is 0.0600. The molecule has 2 aliphatic carbocycles. The maximum absolute atomic E-state index is 13.3. The van der Waals surface area contributed by atoms with Crippen molar-refractivity contribution in [2.75, 3.05) is 49.9 Å². The van der Waals surface area contributed by atoms with Crippen LogP contribution < -0.4 is 25.2 Å². The summed E-state index contributed by atoms with van der Waals surface area (Å²) in [7, 11) is 7.63. The zero-order valence-corrected chi connectivity index (χ0v) is 25.4. The van der Waals surface area contributed by atoms with Gasteiger partial charge in [0.2, 0.25) is 11.9 Å². The smallest absolute Gasteiger partial charge is 0.251 e. The first-order chi connectivity index (χ1) is 19.6. The number of methoxy groups -OCH3 is 1. The first kappa shape index (κ1) is 29.1. The van der Waals surface area contributed by atoms with Crippen LogP contribution in [0.1, 0.15) is 75.6 Å². The number of nitrogens with one attached hydrogen (secondary N) is 2. The van der Waals surface area contributed by atoms with Gasteiger partial charge in [-0.15, -0.1) is 0 Å². The number of amides is 2. The molecule has 5 rings (SSSR count). The van der Waals surface area contributed by atoms with Crippen LogP contribution in [-0.2, 0) is 4.79 Å². The molecule has 1 aromatic carbocycles. The third-order valence-corrected chi connectivity index (χ3v) is 9.07. The van der Waals surface area contributed by atoms with E-state index in [0.717, 1.165) is 50.0 Å². The normalized spacial score (nSPS) is 22.9. The maximum Gasteiger partial charge on any atom is 0.251 e. The minimum atomic E-state index is -0.545. The second kappa shape index (κ2) is 11.8. The summed E-state index contributed by atoms with van der Waals surface area (Å²) in [4.78, 5) is 42.1. The van der Waals surface area contributed by atoms with E-state index in [0.29, 0.717) is 41.6 Å². The van der Waals surface area contributed by atoms with Crippen molar-refractivity contribution in [3.63, 3.8) is 0 Å². The lowest BCUT2D eigenvalue weighted by atomic mass is 9.90. The molecule has 222 valence electrons. The molecule has 0 atom stereocenters. The van der Waals surface area contributed by atoms with Crippen LogP contribution in [-0.4, -0.2) is 79.6 Å². The first-order valence-electron chi connectivity index (χ1n) is 14.9. The molecule has 10 nitrogen and oxygen atoms in total. The summed E-state index contributed by atoms with van der Waals surface area (Å²) in [6, 6.07) is 6.51. The average Bonchev–Trinajstić information content (AvgIpc) is 3.48. The quantitative estimate of drug-likeness (QED) is 0.505. The van der Waals surface area contributed by atoms with Crippen LogP contribution in [0.25, 0.3) is 0 Å². The predicted octanol–water partition coefficient (Wildman–Crippen LogP) is 4.58. The van der Waals surface area contributed by atoms with E-state index < -0.39 is 5.41 Å². The molecule has 3 aliphatic rings. The molecule has 0 saturated heterocycles. The van der Waals surface area contributed by atoms with Crippen molar-refractivity contribution in [1.82, 2.24) is 20.2 Å². The number of ether oxygens (including phenoxy) is 1. The lowest BCUT2D eigenvalue weighted by Crippen LogP contribution is -2.45. The summed E-state index contributed by atoms with van der Waals surface area (Å²) in [5.41, 5.74) is 1.40. The van der Waals surface area contributed by atoms with Crippen LogP contribution in [0.15, 0.2) is 24.4 Å². The van der Waals surface area contributed by atoms with Crippen LogP contribution in [0.2, 0.25) is 0 Å². The zero-order valence-electron chi connectivity index (χ0n) is 25.4. The number of aromatic nitrogens is 2. The van der Waals surface area contributed by atoms with Gasteiger partial charge >= 0.3 is 0 Å². The maximum atomic E-state index is 13.3. The number of carbonyl (C=O) groups excluding carboxylic acids is 2. The summed E-state index contributed by atoms with van der Waals surface area (Å²) in [5, 5.41) is 6.51. The van der Waals surface area contributed by atoms with Crippen molar-refractivity contribution in [1.29, 1.82) is 0 Å². The van der Waals surface area contributed by atoms with E-state index in [1.165, 1.54) is 12.8 Å². The highest BCUT2D eigenvalue weighted by Gasteiger charge is 2.41. The van der Waals surface area contributed by atoms with Crippen molar-refractivity contribution in [3.05, 3.63) is 30.0 Å². The van der Waals surface area contributed by atoms with Gasteiger partial charge < -0.3 is 30.1 Å². The molecular weight excluding hydrogens is 518 g/mol. The van der Waals surface area contributed by atoms with Crippen molar-refractivity contribution in [3.8, 4) is 5.75 Å². The molecule has 2 aromatic rings. The predicted molar refractivity (Wildman–Crippen MR) is 162 cm³/mol. The first-order valence-corrected chi connectivity index (χ1v) is 14.9. The molecule has 2 heterocycles. The largest absolute Gasteiger partial charge is 0.495 e. The van der Waals surface area contributed by atoms with Gasteiger partial charge in [-0.25, -0.2) is 4.98 Å². The molecular formula is C31H45N7O3. The van der Waals surface area contributed by atoms with Gasteiger partial charge in [0.25, 0.3) is 5.91 Å². The van der Waals surface area contributed by atoms with Crippen molar-refractivity contribution < 1.29 is 14.3 Å². The van der Waals surface area contributed by atoms with Gasteiger partial charge in [0.15, 0.2) is 5.82 Å². The number of hydrogen-bond donors (Lipinski definition) is 2. The number of hydrogen-bond acceptors (Lipinski definition) is 8. The Balaban J connectivity index is 1.35. The van der Waals surface area contributed by atoms with Gasteiger partial charge in [0.1, 0.15) is 11.4 Å². The fraction of sp³-hybridized carbons (Fsp3) is 0.613. The van der Waals surface area contributed by atoms with Gasteiger partial charge in [0, 0.05) is 37.3 Å². The van der Waals surface area contributed by atoms with Crippen LogP contribution in [0.3, 0.4) is 0 Å². The van der Waals surface area contributed by atoms with Gasteiger partial charge in [-0.3, -0.25) is 9.59 Å². The minimum Gasteiger partial charge on any atom is -0.495 e. The molecule has 0 bridgehead atoms. The highest BCUT2D eigenvalue weighted by atomic mass is 16.5. The Morgan fingerprint density at radius 2 is 1.80 bits per heavy atom. The van der Waals surface area contributed by atoms with Crippen LogP contribution >= 0.6 is 0 Å². The molecule has 0 radical (unpaired) electrons. The molecule has 1 aliphatic heterocycles. The molecule has 2 amide bonds. The lowest BCUT2D eigenvalue weighted by molar-refractivity contribution is -0.125. The third kappa shape index (κ3) is 6.12. The number of anilines is 4. The highest BCUT2D eigenvalue weighted by molar-refractivity contribution is 6.01. The molecule has 1 aromatic heterocycles.